The Hall–Kier alpha value is -0.320. The fourth-order valence-electron chi connectivity index (χ4n) is 2.00. The maximum Gasteiger partial charge on any atom is 0.159 e. The highest BCUT2D eigenvalue weighted by atomic mass is 35.5. The Morgan fingerprint density at radius 3 is 2.71 bits per heavy atom. The molecule has 0 amide bonds. The standard InChI is InChI=1S/C12H17ClN2OS/c1-7(2)10-8(3)14-12(15-11(10)13)9-6-17-5-4-16-9/h7,9H,4-6H2,1-3H3. The van der Waals surface area contributed by atoms with Crippen LogP contribution in [-0.4, -0.2) is 28.1 Å². The van der Waals surface area contributed by atoms with Gasteiger partial charge in [0.1, 0.15) is 11.3 Å². The molecular weight excluding hydrogens is 256 g/mol. The van der Waals surface area contributed by atoms with Gasteiger partial charge in [0, 0.05) is 22.8 Å². The SMILES string of the molecule is Cc1nc(C2CSCCO2)nc(Cl)c1C(C)C. The summed E-state index contributed by atoms with van der Waals surface area (Å²) in [6, 6.07) is 0. The molecule has 1 fully saturated rings. The highest BCUT2D eigenvalue weighted by Gasteiger charge is 2.22. The first-order valence-corrected chi connectivity index (χ1v) is 7.36. The van der Waals surface area contributed by atoms with Gasteiger partial charge in [0.2, 0.25) is 0 Å². The number of hydrogen-bond donors (Lipinski definition) is 0. The van der Waals surface area contributed by atoms with Crippen LogP contribution in [0.2, 0.25) is 5.15 Å². The third-order valence-electron chi connectivity index (χ3n) is 2.79. The van der Waals surface area contributed by atoms with Crippen LogP contribution in [0.3, 0.4) is 0 Å². The summed E-state index contributed by atoms with van der Waals surface area (Å²) in [5.41, 5.74) is 2.01. The Balaban J connectivity index is 2.31. The van der Waals surface area contributed by atoms with Crippen molar-refractivity contribution in [1.82, 2.24) is 9.97 Å². The summed E-state index contributed by atoms with van der Waals surface area (Å²) < 4.78 is 5.67. The Labute approximate surface area is 111 Å². The summed E-state index contributed by atoms with van der Waals surface area (Å²) in [5, 5.41) is 0.571. The van der Waals surface area contributed by atoms with Gasteiger partial charge in [-0.25, -0.2) is 9.97 Å². The van der Waals surface area contributed by atoms with Crippen molar-refractivity contribution in [2.75, 3.05) is 18.1 Å². The molecular formula is C12H17ClN2OS. The van der Waals surface area contributed by atoms with Gasteiger partial charge < -0.3 is 4.74 Å². The minimum Gasteiger partial charge on any atom is -0.368 e. The van der Waals surface area contributed by atoms with Crippen molar-refractivity contribution in [1.29, 1.82) is 0 Å². The van der Waals surface area contributed by atoms with Gasteiger partial charge in [-0.05, 0) is 12.8 Å². The Bertz CT molecular complexity index is 382. The Morgan fingerprint density at radius 1 is 1.41 bits per heavy atom. The molecule has 0 saturated carbocycles. The van der Waals surface area contributed by atoms with Crippen LogP contribution < -0.4 is 0 Å². The molecule has 0 radical (unpaired) electrons. The largest absolute Gasteiger partial charge is 0.368 e. The Kier molecular flexibility index (Phi) is 4.28. The molecule has 1 aromatic heterocycles. The van der Waals surface area contributed by atoms with Gasteiger partial charge in [-0.3, -0.25) is 0 Å². The first-order chi connectivity index (χ1) is 8.09. The molecule has 94 valence electrons. The van der Waals surface area contributed by atoms with E-state index in [0.717, 1.165) is 35.2 Å². The van der Waals surface area contributed by atoms with Crippen LogP contribution in [0, 0.1) is 6.92 Å². The lowest BCUT2D eigenvalue weighted by Gasteiger charge is -2.22. The summed E-state index contributed by atoms with van der Waals surface area (Å²) in [5.74, 6) is 3.03. The normalized spacial score (nSPS) is 20.9. The second-order valence-corrected chi connectivity index (χ2v) is 5.97. The first-order valence-electron chi connectivity index (χ1n) is 5.83. The molecule has 17 heavy (non-hydrogen) atoms. The van der Waals surface area contributed by atoms with Gasteiger partial charge in [0.15, 0.2) is 5.82 Å². The molecule has 0 aromatic carbocycles. The van der Waals surface area contributed by atoms with Crippen LogP contribution in [0.25, 0.3) is 0 Å². The van der Waals surface area contributed by atoms with Crippen LogP contribution in [0.4, 0.5) is 0 Å². The molecule has 0 aliphatic carbocycles. The van der Waals surface area contributed by atoms with Gasteiger partial charge in [0.05, 0.1) is 6.61 Å². The van der Waals surface area contributed by atoms with Crippen molar-refractivity contribution >= 4 is 23.4 Å². The van der Waals surface area contributed by atoms with Crippen molar-refractivity contribution in [2.24, 2.45) is 0 Å². The van der Waals surface area contributed by atoms with Gasteiger partial charge in [-0.2, -0.15) is 11.8 Å². The lowest BCUT2D eigenvalue weighted by Crippen LogP contribution is -2.19. The summed E-state index contributed by atoms with van der Waals surface area (Å²) in [7, 11) is 0. The molecule has 3 nitrogen and oxygen atoms in total. The van der Waals surface area contributed by atoms with Gasteiger partial charge in [-0.15, -0.1) is 0 Å². The van der Waals surface area contributed by atoms with E-state index >= 15 is 0 Å². The number of thioether (sulfide) groups is 1. The first kappa shape index (κ1) is 13.1. The van der Waals surface area contributed by atoms with E-state index in [9.17, 15) is 0 Å². The molecule has 5 heteroatoms. The van der Waals surface area contributed by atoms with E-state index < -0.39 is 0 Å². The number of aryl methyl sites for hydroxylation is 1. The van der Waals surface area contributed by atoms with Crippen LogP contribution in [0.1, 0.15) is 43.0 Å². The van der Waals surface area contributed by atoms with E-state index in [-0.39, 0.29) is 6.10 Å². The molecule has 1 saturated heterocycles. The third kappa shape index (κ3) is 2.92. The van der Waals surface area contributed by atoms with Crippen LogP contribution >= 0.6 is 23.4 Å². The van der Waals surface area contributed by atoms with Gasteiger partial charge in [0.25, 0.3) is 0 Å². The summed E-state index contributed by atoms with van der Waals surface area (Å²) in [6.07, 6.45) is -0.00818. The smallest absolute Gasteiger partial charge is 0.159 e. The van der Waals surface area contributed by atoms with E-state index in [1.807, 2.05) is 18.7 Å². The zero-order valence-electron chi connectivity index (χ0n) is 10.4. The second-order valence-electron chi connectivity index (χ2n) is 4.46. The van der Waals surface area contributed by atoms with Crippen LogP contribution in [0.15, 0.2) is 0 Å². The molecule has 0 N–H and O–H groups in total. The number of ether oxygens (including phenoxy) is 1. The van der Waals surface area contributed by atoms with E-state index in [1.54, 1.807) is 0 Å². The number of halogens is 1. The quantitative estimate of drug-likeness (QED) is 0.774. The molecule has 0 bridgehead atoms. The highest BCUT2D eigenvalue weighted by molar-refractivity contribution is 7.99. The average Bonchev–Trinajstić information content (AvgIpc) is 2.28. The zero-order chi connectivity index (χ0) is 12.4. The fraction of sp³-hybridized carbons (Fsp3) is 0.667. The zero-order valence-corrected chi connectivity index (χ0v) is 11.9. The maximum atomic E-state index is 6.24. The van der Waals surface area contributed by atoms with E-state index in [2.05, 4.69) is 23.8 Å². The molecule has 1 aliphatic heterocycles. The predicted molar refractivity (Wildman–Crippen MR) is 71.9 cm³/mol. The second kappa shape index (κ2) is 5.55. The van der Waals surface area contributed by atoms with Gasteiger partial charge >= 0.3 is 0 Å². The van der Waals surface area contributed by atoms with Crippen LogP contribution in [0.5, 0.6) is 0 Å². The Morgan fingerprint density at radius 2 is 2.18 bits per heavy atom. The lowest BCUT2D eigenvalue weighted by atomic mass is 10.0. The number of nitrogens with zero attached hydrogens (tertiary/aromatic N) is 2. The minimum atomic E-state index is -0.00818. The third-order valence-corrected chi connectivity index (χ3v) is 4.07. The van der Waals surface area contributed by atoms with Crippen LogP contribution in [-0.2, 0) is 4.74 Å². The van der Waals surface area contributed by atoms with Crippen molar-refractivity contribution < 1.29 is 4.74 Å². The maximum absolute atomic E-state index is 6.24. The molecule has 1 unspecified atom stereocenters. The van der Waals surface area contributed by atoms with Crippen molar-refractivity contribution in [3.05, 3.63) is 22.2 Å². The van der Waals surface area contributed by atoms with E-state index in [4.69, 9.17) is 16.3 Å². The monoisotopic (exact) mass is 272 g/mol. The van der Waals surface area contributed by atoms with E-state index in [0.29, 0.717) is 11.1 Å². The molecule has 0 spiro atoms. The molecule has 2 rings (SSSR count). The van der Waals surface area contributed by atoms with Crippen molar-refractivity contribution in [2.45, 2.75) is 32.8 Å². The summed E-state index contributed by atoms with van der Waals surface area (Å²) in [6.45, 7) is 6.96. The van der Waals surface area contributed by atoms with Gasteiger partial charge in [-0.1, -0.05) is 25.4 Å². The molecule has 1 aromatic rings. The molecule has 1 aliphatic rings. The topological polar surface area (TPSA) is 35.0 Å². The number of aromatic nitrogens is 2. The predicted octanol–water partition coefficient (Wildman–Crippen LogP) is 3.37. The minimum absolute atomic E-state index is 0.00818. The lowest BCUT2D eigenvalue weighted by molar-refractivity contribution is 0.0692. The summed E-state index contributed by atoms with van der Waals surface area (Å²) >= 11 is 8.11. The van der Waals surface area contributed by atoms with Crippen molar-refractivity contribution in [3.63, 3.8) is 0 Å². The molecule has 1 atom stereocenters. The highest BCUT2D eigenvalue weighted by Crippen LogP contribution is 2.29. The number of hydrogen-bond acceptors (Lipinski definition) is 4. The average molecular weight is 273 g/mol. The number of rotatable bonds is 2. The fourth-order valence-corrected chi connectivity index (χ4v) is 3.29. The van der Waals surface area contributed by atoms with E-state index in [1.165, 1.54) is 0 Å². The molecule has 2 heterocycles. The summed E-state index contributed by atoms with van der Waals surface area (Å²) in [4.78, 5) is 8.94. The van der Waals surface area contributed by atoms with Crippen molar-refractivity contribution in [3.8, 4) is 0 Å².